The lowest BCUT2D eigenvalue weighted by molar-refractivity contribution is -0.870. The summed E-state index contributed by atoms with van der Waals surface area (Å²) in [7, 11) is 5.90. The van der Waals surface area contributed by atoms with E-state index >= 15 is 0 Å². The molecule has 9 nitrogen and oxygen atoms in total. The number of carbonyl (C=O) groups is 3. The molecule has 0 heterocycles. The number of unbranched alkanes of at least 4 members (excludes halogenated alkanes) is 13. The van der Waals surface area contributed by atoms with Gasteiger partial charge in [0.15, 0.2) is 12.4 Å². The average molecular weight is 1010 g/mol. The van der Waals surface area contributed by atoms with Gasteiger partial charge in [-0.1, -0.05) is 205 Å². The minimum Gasteiger partial charge on any atom is -0.545 e. The molecule has 0 aromatic carbocycles. The molecule has 0 rings (SSSR count). The van der Waals surface area contributed by atoms with Gasteiger partial charge in [0.05, 0.1) is 40.3 Å². The number of hydrogen-bond donors (Lipinski definition) is 0. The van der Waals surface area contributed by atoms with Crippen LogP contribution in [0.5, 0.6) is 0 Å². The summed E-state index contributed by atoms with van der Waals surface area (Å²) in [6.45, 7) is 4.46. The van der Waals surface area contributed by atoms with E-state index in [9.17, 15) is 19.5 Å². The van der Waals surface area contributed by atoms with Crippen LogP contribution in [0.2, 0.25) is 0 Å². The fourth-order valence-corrected chi connectivity index (χ4v) is 7.09. The number of nitrogens with zero attached hydrogens (tertiary/aromatic N) is 1. The van der Waals surface area contributed by atoms with Crippen LogP contribution in [0.25, 0.3) is 0 Å². The Balaban J connectivity index is 4.28. The van der Waals surface area contributed by atoms with Gasteiger partial charge in [-0.25, -0.2) is 0 Å². The Morgan fingerprint density at radius 1 is 0.411 bits per heavy atom. The lowest BCUT2D eigenvalue weighted by Crippen LogP contribution is -2.44. The standard InChI is InChI=1S/C64H103NO8/c1-6-8-10-12-14-16-18-20-22-23-24-25-26-27-28-29-30-31-32-33-34-35-36-37-38-39-41-43-45-47-49-51-53-55-62(67)73-60(59-72-64(63(68)69)70-57-56-65(3,4)5)58-71-61(66)54-52-50-48-46-44-42-40-21-19-17-15-13-11-9-7-2/h8-11,14-17,20-22,24-25,27-28,30-31,33-34,36-37,40,60,64H,6-7,12-13,18-19,23,26,29,32,35,38-39,41-59H2,1-5H3/b10-8-,11-9-,16-14-,17-15-,22-20-,25-24-,28-27-,31-30-,34-33-,37-36-,40-21-. The normalized spacial score (nSPS) is 13.8. The third kappa shape index (κ3) is 55.0. The molecule has 0 aliphatic rings. The number of esters is 2. The van der Waals surface area contributed by atoms with Gasteiger partial charge in [-0.05, 0) is 109 Å². The van der Waals surface area contributed by atoms with Crippen molar-refractivity contribution in [1.29, 1.82) is 0 Å². The lowest BCUT2D eigenvalue weighted by Gasteiger charge is -2.26. The molecule has 0 fully saturated rings. The maximum absolute atomic E-state index is 12.9. The first kappa shape index (κ1) is 68.4. The third-order valence-corrected chi connectivity index (χ3v) is 11.4. The zero-order valence-corrected chi connectivity index (χ0v) is 46.7. The van der Waals surface area contributed by atoms with E-state index in [2.05, 4.69) is 148 Å². The minimum atomic E-state index is -1.64. The van der Waals surface area contributed by atoms with Crippen molar-refractivity contribution in [3.63, 3.8) is 0 Å². The molecule has 0 spiro atoms. The van der Waals surface area contributed by atoms with Gasteiger partial charge in [-0.3, -0.25) is 9.59 Å². The highest BCUT2D eigenvalue weighted by Crippen LogP contribution is 2.14. The van der Waals surface area contributed by atoms with Crippen LogP contribution in [0, 0.1) is 0 Å². The van der Waals surface area contributed by atoms with E-state index < -0.39 is 24.3 Å². The molecule has 0 saturated heterocycles. The molecule has 0 N–H and O–H groups in total. The molecule has 2 atom stereocenters. The second-order valence-corrected chi connectivity index (χ2v) is 19.5. The highest BCUT2D eigenvalue weighted by Gasteiger charge is 2.22. The van der Waals surface area contributed by atoms with Crippen molar-refractivity contribution < 1.29 is 42.9 Å². The van der Waals surface area contributed by atoms with Crippen molar-refractivity contribution in [3.05, 3.63) is 134 Å². The fourth-order valence-electron chi connectivity index (χ4n) is 7.09. The van der Waals surface area contributed by atoms with E-state index in [-0.39, 0.29) is 38.6 Å². The first-order valence-electron chi connectivity index (χ1n) is 28.3. The van der Waals surface area contributed by atoms with Crippen molar-refractivity contribution in [2.45, 2.75) is 206 Å². The first-order chi connectivity index (χ1) is 35.6. The zero-order chi connectivity index (χ0) is 53.4. The number of hydrogen-bond acceptors (Lipinski definition) is 8. The molecule has 2 unspecified atom stereocenters. The summed E-state index contributed by atoms with van der Waals surface area (Å²) >= 11 is 0. The Hall–Kier alpha value is -4.57. The van der Waals surface area contributed by atoms with E-state index in [1.807, 2.05) is 21.1 Å². The van der Waals surface area contributed by atoms with Crippen molar-refractivity contribution in [2.24, 2.45) is 0 Å². The lowest BCUT2D eigenvalue weighted by atomic mass is 10.1. The van der Waals surface area contributed by atoms with E-state index in [1.165, 1.54) is 25.7 Å². The van der Waals surface area contributed by atoms with Crippen LogP contribution >= 0.6 is 0 Å². The van der Waals surface area contributed by atoms with Crippen LogP contribution in [0.1, 0.15) is 194 Å². The Labute approximate surface area is 446 Å². The first-order valence-corrected chi connectivity index (χ1v) is 28.3. The molecular weight excluding hydrogens is 911 g/mol. The highest BCUT2D eigenvalue weighted by molar-refractivity contribution is 5.70. The Morgan fingerprint density at radius 3 is 1.10 bits per heavy atom. The quantitative estimate of drug-likeness (QED) is 0.0195. The number of likely N-dealkylation sites (N-methyl/N-ethyl adjacent to an activating group) is 1. The molecule has 0 amide bonds. The van der Waals surface area contributed by atoms with Crippen LogP contribution in [0.4, 0.5) is 0 Å². The van der Waals surface area contributed by atoms with Crippen molar-refractivity contribution in [1.82, 2.24) is 0 Å². The zero-order valence-electron chi connectivity index (χ0n) is 46.7. The summed E-state index contributed by atoms with van der Waals surface area (Å²) in [5, 5.41) is 11.8. The van der Waals surface area contributed by atoms with Gasteiger partial charge >= 0.3 is 11.9 Å². The number of quaternary nitrogens is 1. The third-order valence-electron chi connectivity index (χ3n) is 11.4. The van der Waals surface area contributed by atoms with Crippen LogP contribution in [-0.4, -0.2) is 82.3 Å². The second-order valence-electron chi connectivity index (χ2n) is 19.5. The summed E-state index contributed by atoms with van der Waals surface area (Å²) in [6, 6.07) is 0. The number of rotatable bonds is 50. The Bertz CT molecular complexity index is 1650. The van der Waals surface area contributed by atoms with Gasteiger partial charge in [-0.15, -0.1) is 0 Å². The maximum Gasteiger partial charge on any atom is 0.306 e. The largest absolute Gasteiger partial charge is 0.545 e. The SMILES string of the molecule is CC/C=C\C/C=C\C/C=C\C/C=C\C/C=C\C/C=C\C/C=C\C/C=C\CCCCCCCCCCC(=O)OC(COC(=O)CCCCCCC/C=C\C/C=C\C/C=C\CC)COC(OCC[N+](C)(C)C)C(=O)[O-]. The molecule has 73 heavy (non-hydrogen) atoms. The van der Waals surface area contributed by atoms with E-state index in [0.717, 1.165) is 128 Å². The second kappa shape index (κ2) is 53.7. The van der Waals surface area contributed by atoms with Gasteiger partial charge in [0.2, 0.25) is 0 Å². The summed E-state index contributed by atoms with van der Waals surface area (Å²) in [5.74, 6) is -2.34. The Morgan fingerprint density at radius 2 is 0.740 bits per heavy atom. The molecule has 0 bridgehead atoms. The van der Waals surface area contributed by atoms with Gasteiger partial charge < -0.3 is 33.3 Å². The fraction of sp³-hybridized carbons (Fsp3) is 0.609. The number of carboxylic acid groups (broad SMARTS) is 1. The summed E-state index contributed by atoms with van der Waals surface area (Å²) in [5.41, 5.74) is 0. The highest BCUT2D eigenvalue weighted by atomic mass is 16.7. The number of carbonyl (C=O) groups excluding carboxylic acids is 3. The smallest absolute Gasteiger partial charge is 0.306 e. The Kier molecular flexibility index (Phi) is 50.4. The van der Waals surface area contributed by atoms with E-state index in [4.69, 9.17) is 18.9 Å². The number of carboxylic acids is 1. The number of aliphatic carboxylic acids is 1. The van der Waals surface area contributed by atoms with Gasteiger partial charge in [0.25, 0.3) is 0 Å². The minimum absolute atomic E-state index is 0.135. The molecule has 0 aromatic rings. The summed E-state index contributed by atoms with van der Waals surface area (Å²) in [4.78, 5) is 37.2. The molecule has 0 radical (unpaired) electrons. The topological polar surface area (TPSA) is 111 Å². The van der Waals surface area contributed by atoms with Crippen LogP contribution in [0.15, 0.2) is 134 Å². The molecule has 0 aliphatic heterocycles. The monoisotopic (exact) mass is 1010 g/mol. The van der Waals surface area contributed by atoms with Gasteiger partial charge in [0.1, 0.15) is 13.2 Å². The van der Waals surface area contributed by atoms with E-state index in [1.54, 1.807) is 0 Å². The van der Waals surface area contributed by atoms with Crippen LogP contribution in [0.3, 0.4) is 0 Å². The maximum atomic E-state index is 12.9. The molecular formula is C64H103NO8. The van der Waals surface area contributed by atoms with Crippen molar-refractivity contribution >= 4 is 17.9 Å². The van der Waals surface area contributed by atoms with Gasteiger partial charge in [0, 0.05) is 12.8 Å². The number of allylic oxidation sites excluding steroid dienone is 22. The van der Waals surface area contributed by atoms with Crippen molar-refractivity contribution in [3.8, 4) is 0 Å². The molecule has 0 aliphatic carbocycles. The van der Waals surface area contributed by atoms with E-state index in [0.29, 0.717) is 23.9 Å². The van der Waals surface area contributed by atoms with Crippen molar-refractivity contribution in [2.75, 3.05) is 47.5 Å². The predicted octanol–water partition coefficient (Wildman–Crippen LogP) is 15.3. The van der Waals surface area contributed by atoms with Crippen LogP contribution in [-0.2, 0) is 33.3 Å². The predicted molar refractivity (Wildman–Crippen MR) is 306 cm³/mol. The van der Waals surface area contributed by atoms with Crippen LogP contribution < -0.4 is 5.11 Å². The molecule has 9 heteroatoms. The van der Waals surface area contributed by atoms with Gasteiger partial charge in [-0.2, -0.15) is 0 Å². The number of ether oxygens (including phenoxy) is 4. The summed E-state index contributed by atoms with van der Waals surface area (Å²) in [6.07, 6.45) is 73.6. The molecule has 0 aromatic heterocycles. The molecule has 0 saturated carbocycles. The summed E-state index contributed by atoms with van der Waals surface area (Å²) < 4.78 is 22.6. The average Bonchev–Trinajstić information content (AvgIpc) is 3.36. The molecule has 412 valence electrons.